The lowest BCUT2D eigenvalue weighted by Gasteiger charge is -2.30. The van der Waals surface area contributed by atoms with Crippen molar-refractivity contribution in [2.75, 3.05) is 32.8 Å². The van der Waals surface area contributed by atoms with E-state index in [1.165, 1.54) is 19.3 Å². The lowest BCUT2D eigenvalue weighted by molar-refractivity contribution is -0.143. The Bertz CT molecular complexity index is 400. The van der Waals surface area contributed by atoms with Gasteiger partial charge in [0, 0.05) is 6.54 Å². The van der Waals surface area contributed by atoms with E-state index in [0.29, 0.717) is 57.6 Å². The summed E-state index contributed by atoms with van der Waals surface area (Å²) in [5.74, 6) is -0.350. The molecule has 140 valence electrons. The van der Waals surface area contributed by atoms with Crippen LogP contribution < -0.4 is 5.32 Å². The highest BCUT2D eigenvalue weighted by Crippen LogP contribution is 2.25. The summed E-state index contributed by atoms with van der Waals surface area (Å²) >= 11 is 0. The minimum absolute atomic E-state index is 0. The van der Waals surface area contributed by atoms with Crippen molar-refractivity contribution in [2.45, 2.75) is 51.6 Å². The first-order valence-corrected chi connectivity index (χ1v) is 8.89. The number of carboxylic acid groups (broad SMARTS) is 1. The molecule has 0 aromatic carbocycles. The number of amides is 1. The van der Waals surface area contributed by atoms with Crippen molar-refractivity contribution in [2.24, 2.45) is 11.8 Å². The summed E-state index contributed by atoms with van der Waals surface area (Å²) in [6.45, 7) is 5.08. The molecule has 0 aromatic heterocycles. The molecule has 0 bridgehead atoms. The summed E-state index contributed by atoms with van der Waals surface area (Å²) in [5.41, 5.74) is 0. The fourth-order valence-electron chi connectivity index (χ4n) is 3.53. The van der Waals surface area contributed by atoms with Crippen molar-refractivity contribution >= 4 is 24.3 Å². The molecule has 0 spiro atoms. The number of aliphatic carboxylic acids is 1. The van der Waals surface area contributed by atoms with Gasteiger partial charge in [0.05, 0.1) is 25.2 Å². The van der Waals surface area contributed by atoms with Crippen LogP contribution in [0.4, 0.5) is 0 Å². The Balaban J connectivity index is 0.00000288. The molecule has 2 aliphatic rings. The highest BCUT2D eigenvalue weighted by atomic mass is 35.5. The molecule has 0 radical (unpaired) electrons. The van der Waals surface area contributed by atoms with Crippen molar-refractivity contribution in [1.29, 1.82) is 0 Å². The summed E-state index contributed by atoms with van der Waals surface area (Å²) in [5, 5.41) is 11.9. The molecule has 2 unspecified atom stereocenters. The standard InChI is InChI=1S/C17H30N2O4.ClH/c1-13-4-2-3-5-15(13)23-11-8-18-16(20)12-19-9-6-14(7-10-19)17(21)22;/h13-15H,2-12H2,1H3,(H,18,20)(H,21,22);1H. The normalized spacial score (nSPS) is 25.7. The molecule has 2 atom stereocenters. The van der Waals surface area contributed by atoms with Crippen molar-refractivity contribution in [3.8, 4) is 0 Å². The van der Waals surface area contributed by atoms with Gasteiger partial charge >= 0.3 is 5.97 Å². The minimum Gasteiger partial charge on any atom is -0.481 e. The van der Waals surface area contributed by atoms with Gasteiger partial charge in [0.15, 0.2) is 0 Å². The van der Waals surface area contributed by atoms with Crippen LogP contribution >= 0.6 is 12.4 Å². The number of nitrogens with zero attached hydrogens (tertiary/aromatic N) is 1. The van der Waals surface area contributed by atoms with Crippen LogP contribution in [-0.2, 0) is 14.3 Å². The summed E-state index contributed by atoms with van der Waals surface area (Å²) < 4.78 is 5.88. The number of hydrogen-bond donors (Lipinski definition) is 2. The first-order chi connectivity index (χ1) is 11.1. The molecule has 2 N–H and O–H groups in total. The third-order valence-electron chi connectivity index (χ3n) is 5.09. The SMILES string of the molecule is CC1CCCCC1OCCNC(=O)CN1CCC(C(=O)O)CC1.Cl. The largest absolute Gasteiger partial charge is 0.481 e. The van der Waals surface area contributed by atoms with Gasteiger partial charge in [-0.05, 0) is 44.7 Å². The van der Waals surface area contributed by atoms with Crippen LogP contribution in [0.1, 0.15) is 45.4 Å². The summed E-state index contributed by atoms with van der Waals surface area (Å²) in [4.78, 5) is 24.8. The van der Waals surface area contributed by atoms with E-state index in [0.717, 1.165) is 6.42 Å². The van der Waals surface area contributed by atoms with Crippen LogP contribution in [0.5, 0.6) is 0 Å². The average Bonchev–Trinajstić information content (AvgIpc) is 2.53. The molecule has 1 saturated carbocycles. The maximum absolute atomic E-state index is 11.9. The number of nitrogens with one attached hydrogen (secondary N) is 1. The van der Waals surface area contributed by atoms with Gasteiger partial charge in [-0.3, -0.25) is 14.5 Å². The Kier molecular flexibility index (Phi) is 9.63. The van der Waals surface area contributed by atoms with Crippen LogP contribution in [0.2, 0.25) is 0 Å². The van der Waals surface area contributed by atoms with E-state index < -0.39 is 5.97 Å². The zero-order valence-electron chi connectivity index (χ0n) is 14.5. The second-order valence-electron chi connectivity index (χ2n) is 6.91. The number of ether oxygens (including phenoxy) is 1. The molecule has 24 heavy (non-hydrogen) atoms. The fraction of sp³-hybridized carbons (Fsp3) is 0.882. The van der Waals surface area contributed by atoms with E-state index in [1.807, 2.05) is 4.90 Å². The lowest BCUT2D eigenvalue weighted by atomic mass is 9.88. The molecular weight excluding hydrogens is 332 g/mol. The number of carbonyl (C=O) groups is 2. The average molecular weight is 363 g/mol. The van der Waals surface area contributed by atoms with Crippen LogP contribution in [0, 0.1) is 11.8 Å². The smallest absolute Gasteiger partial charge is 0.306 e. The van der Waals surface area contributed by atoms with Crippen molar-refractivity contribution < 1.29 is 19.4 Å². The highest BCUT2D eigenvalue weighted by Gasteiger charge is 2.25. The molecule has 1 amide bonds. The molecule has 1 saturated heterocycles. The molecule has 0 aromatic rings. The Morgan fingerprint density at radius 2 is 1.83 bits per heavy atom. The third kappa shape index (κ3) is 6.95. The quantitative estimate of drug-likeness (QED) is 0.676. The van der Waals surface area contributed by atoms with Gasteiger partial charge in [-0.15, -0.1) is 12.4 Å². The van der Waals surface area contributed by atoms with E-state index in [1.54, 1.807) is 0 Å². The number of carbonyl (C=O) groups excluding carboxylic acids is 1. The van der Waals surface area contributed by atoms with E-state index >= 15 is 0 Å². The van der Waals surface area contributed by atoms with E-state index in [-0.39, 0.29) is 24.2 Å². The van der Waals surface area contributed by atoms with E-state index in [2.05, 4.69) is 12.2 Å². The zero-order chi connectivity index (χ0) is 16.7. The van der Waals surface area contributed by atoms with Gasteiger partial charge in [-0.2, -0.15) is 0 Å². The predicted molar refractivity (Wildman–Crippen MR) is 94.4 cm³/mol. The van der Waals surface area contributed by atoms with Crippen LogP contribution in [0.25, 0.3) is 0 Å². The maximum atomic E-state index is 11.9. The molecule has 2 rings (SSSR count). The fourth-order valence-corrected chi connectivity index (χ4v) is 3.53. The van der Waals surface area contributed by atoms with Gasteiger partial charge in [0.25, 0.3) is 0 Å². The molecule has 1 heterocycles. The van der Waals surface area contributed by atoms with Crippen molar-refractivity contribution in [3.63, 3.8) is 0 Å². The second-order valence-corrected chi connectivity index (χ2v) is 6.91. The number of hydrogen-bond acceptors (Lipinski definition) is 4. The molecule has 6 nitrogen and oxygen atoms in total. The third-order valence-corrected chi connectivity index (χ3v) is 5.09. The predicted octanol–water partition coefficient (Wildman–Crippen LogP) is 1.92. The topological polar surface area (TPSA) is 78.9 Å². The zero-order valence-corrected chi connectivity index (χ0v) is 15.4. The number of piperidine rings is 1. The number of likely N-dealkylation sites (tertiary alicyclic amines) is 1. The van der Waals surface area contributed by atoms with Gasteiger partial charge in [0.1, 0.15) is 0 Å². The molecule has 1 aliphatic carbocycles. The van der Waals surface area contributed by atoms with Crippen LogP contribution in [-0.4, -0.2) is 60.8 Å². The molecule has 1 aliphatic heterocycles. The number of carboxylic acids is 1. The first kappa shape index (κ1) is 21.2. The van der Waals surface area contributed by atoms with E-state index in [9.17, 15) is 9.59 Å². The maximum Gasteiger partial charge on any atom is 0.306 e. The Morgan fingerprint density at radius 3 is 2.46 bits per heavy atom. The molecular formula is C17H31ClN2O4. The van der Waals surface area contributed by atoms with Gasteiger partial charge in [-0.25, -0.2) is 0 Å². The summed E-state index contributed by atoms with van der Waals surface area (Å²) in [6.07, 6.45) is 6.52. The van der Waals surface area contributed by atoms with Crippen molar-refractivity contribution in [1.82, 2.24) is 10.2 Å². The summed E-state index contributed by atoms with van der Waals surface area (Å²) in [7, 11) is 0. The summed E-state index contributed by atoms with van der Waals surface area (Å²) in [6, 6.07) is 0. The Morgan fingerprint density at radius 1 is 1.17 bits per heavy atom. The monoisotopic (exact) mass is 362 g/mol. The number of rotatable bonds is 7. The Labute approximate surface area is 150 Å². The van der Waals surface area contributed by atoms with Crippen LogP contribution in [0.15, 0.2) is 0 Å². The van der Waals surface area contributed by atoms with E-state index in [4.69, 9.17) is 9.84 Å². The van der Waals surface area contributed by atoms with Gasteiger partial charge in [-0.1, -0.05) is 19.8 Å². The van der Waals surface area contributed by atoms with Crippen LogP contribution in [0.3, 0.4) is 0 Å². The Hall–Kier alpha value is -0.850. The lowest BCUT2D eigenvalue weighted by Crippen LogP contribution is -2.43. The molecule has 7 heteroatoms. The van der Waals surface area contributed by atoms with Gasteiger partial charge < -0.3 is 15.2 Å². The number of halogens is 1. The highest BCUT2D eigenvalue weighted by molar-refractivity contribution is 5.85. The van der Waals surface area contributed by atoms with Gasteiger partial charge in [0.2, 0.25) is 5.91 Å². The molecule has 2 fully saturated rings. The van der Waals surface area contributed by atoms with Crippen molar-refractivity contribution in [3.05, 3.63) is 0 Å². The second kappa shape index (κ2) is 10.9. The minimum atomic E-state index is -0.719. The first-order valence-electron chi connectivity index (χ1n) is 8.89.